The summed E-state index contributed by atoms with van der Waals surface area (Å²) in [5.74, 6) is -0.160. The van der Waals surface area contributed by atoms with Gasteiger partial charge in [0.05, 0.1) is 12.7 Å². The van der Waals surface area contributed by atoms with Crippen LogP contribution in [0.25, 0.3) is 0 Å². The average Bonchev–Trinajstić information content (AvgIpc) is 2.13. The van der Waals surface area contributed by atoms with Gasteiger partial charge in [0.1, 0.15) is 0 Å². The normalized spacial score (nSPS) is 10.6. The van der Waals surface area contributed by atoms with E-state index >= 15 is 0 Å². The van der Waals surface area contributed by atoms with Crippen LogP contribution in [-0.4, -0.2) is 24.6 Å². The van der Waals surface area contributed by atoms with Crippen LogP contribution in [0.4, 0.5) is 0 Å². The third-order valence-corrected chi connectivity index (χ3v) is 1.71. The highest BCUT2D eigenvalue weighted by molar-refractivity contribution is 5.72. The van der Waals surface area contributed by atoms with Crippen molar-refractivity contribution >= 4 is 11.9 Å². The Kier molecular flexibility index (Phi) is 7.60. The van der Waals surface area contributed by atoms with Crippen LogP contribution in [0.3, 0.4) is 0 Å². The van der Waals surface area contributed by atoms with Crippen LogP contribution < -0.4 is 0 Å². The van der Waals surface area contributed by atoms with Gasteiger partial charge in [0.15, 0.2) is 0 Å². The van der Waals surface area contributed by atoms with Crippen LogP contribution in [0.5, 0.6) is 0 Å². The summed E-state index contributed by atoms with van der Waals surface area (Å²) < 4.78 is 9.91. The van der Waals surface area contributed by atoms with E-state index in [2.05, 4.69) is 0 Å². The summed E-state index contributed by atoms with van der Waals surface area (Å²) in [4.78, 5) is 22.3. The minimum Gasteiger partial charge on any atom is -0.465 e. The lowest BCUT2D eigenvalue weighted by Gasteiger charge is -2.08. The summed E-state index contributed by atoms with van der Waals surface area (Å²) in [6.07, 6.45) is 0.942. The predicted octanol–water partition coefficient (Wildman–Crippen LogP) is 2.31. The van der Waals surface area contributed by atoms with E-state index in [4.69, 9.17) is 9.47 Å². The quantitative estimate of drug-likeness (QED) is 0.630. The second-order valence-electron chi connectivity index (χ2n) is 4.47. The minimum atomic E-state index is -0.258. The molecule has 0 aliphatic rings. The zero-order valence-electron chi connectivity index (χ0n) is 10.6. The standard InChI is InChI=1S/C12H22O4/c1-9(2)8-15-11(13)6-5-7-12(14)16-10(3)4/h9-10H,5-8H2,1-4H3. The minimum absolute atomic E-state index is 0.0969. The molecule has 0 fully saturated rings. The van der Waals surface area contributed by atoms with Gasteiger partial charge in [0.25, 0.3) is 0 Å². The first-order valence-corrected chi connectivity index (χ1v) is 5.77. The van der Waals surface area contributed by atoms with E-state index in [1.807, 2.05) is 13.8 Å². The van der Waals surface area contributed by atoms with Crippen LogP contribution >= 0.6 is 0 Å². The zero-order chi connectivity index (χ0) is 12.6. The van der Waals surface area contributed by atoms with E-state index in [1.165, 1.54) is 0 Å². The van der Waals surface area contributed by atoms with Crippen LogP contribution in [0.2, 0.25) is 0 Å². The highest BCUT2D eigenvalue weighted by Gasteiger charge is 2.08. The molecule has 0 N–H and O–H groups in total. The van der Waals surface area contributed by atoms with Crippen LogP contribution in [0, 0.1) is 5.92 Å². The Hall–Kier alpha value is -1.06. The molecule has 0 aliphatic heterocycles. The van der Waals surface area contributed by atoms with Crippen molar-refractivity contribution in [2.75, 3.05) is 6.61 Å². The van der Waals surface area contributed by atoms with Gasteiger partial charge in [-0.1, -0.05) is 13.8 Å². The maximum absolute atomic E-state index is 11.2. The van der Waals surface area contributed by atoms with Crippen molar-refractivity contribution in [3.05, 3.63) is 0 Å². The van der Waals surface area contributed by atoms with Gasteiger partial charge in [-0.15, -0.1) is 0 Å². The first-order valence-electron chi connectivity index (χ1n) is 5.77. The Morgan fingerprint density at radius 3 is 2.06 bits per heavy atom. The molecule has 0 aromatic rings. The maximum atomic E-state index is 11.2. The van der Waals surface area contributed by atoms with E-state index < -0.39 is 0 Å². The molecule has 0 saturated carbocycles. The van der Waals surface area contributed by atoms with Crippen molar-refractivity contribution in [2.24, 2.45) is 5.92 Å². The number of carbonyl (C=O) groups is 2. The molecule has 0 rings (SSSR count). The molecule has 0 amide bonds. The smallest absolute Gasteiger partial charge is 0.306 e. The molecule has 0 bridgehead atoms. The van der Waals surface area contributed by atoms with Gasteiger partial charge in [-0.3, -0.25) is 9.59 Å². The number of carbonyl (C=O) groups excluding carboxylic acids is 2. The first kappa shape index (κ1) is 14.9. The lowest BCUT2D eigenvalue weighted by Crippen LogP contribution is -2.13. The molecule has 0 aliphatic carbocycles. The molecule has 0 saturated heterocycles. The topological polar surface area (TPSA) is 52.6 Å². The van der Waals surface area contributed by atoms with Gasteiger partial charge in [-0.25, -0.2) is 0 Å². The Morgan fingerprint density at radius 1 is 1.00 bits per heavy atom. The molecule has 0 aromatic carbocycles. The highest BCUT2D eigenvalue weighted by atomic mass is 16.5. The Morgan fingerprint density at radius 2 is 1.56 bits per heavy atom. The number of hydrogen-bond acceptors (Lipinski definition) is 4. The molecule has 0 heterocycles. The predicted molar refractivity (Wildman–Crippen MR) is 60.9 cm³/mol. The summed E-state index contributed by atoms with van der Waals surface area (Å²) in [5.41, 5.74) is 0. The molecule has 0 aromatic heterocycles. The largest absolute Gasteiger partial charge is 0.465 e. The Labute approximate surface area is 97.3 Å². The van der Waals surface area contributed by atoms with Crippen LogP contribution in [-0.2, 0) is 19.1 Å². The van der Waals surface area contributed by atoms with Crippen LogP contribution in [0.1, 0.15) is 47.0 Å². The summed E-state index contributed by atoms with van der Waals surface area (Å²) >= 11 is 0. The summed E-state index contributed by atoms with van der Waals surface area (Å²) in [7, 11) is 0. The van der Waals surface area contributed by atoms with Gasteiger partial charge in [0, 0.05) is 12.8 Å². The van der Waals surface area contributed by atoms with Crippen molar-refractivity contribution < 1.29 is 19.1 Å². The summed E-state index contributed by atoms with van der Waals surface area (Å²) in [5, 5.41) is 0. The van der Waals surface area contributed by atoms with E-state index in [0.717, 1.165) is 0 Å². The molecular weight excluding hydrogens is 208 g/mol. The van der Waals surface area contributed by atoms with Crippen molar-refractivity contribution in [3.63, 3.8) is 0 Å². The van der Waals surface area contributed by atoms with E-state index in [-0.39, 0.29) is 30.9 Å². The summed E-state index contributed by atoms with van der Waals surface area (Å²) in [6.45, 7) is 8.00. The SMILES string of the molecule is CC(C)COC(=O)CCCC(=O)OC(C)C. The number of rotatable bonds is 7. The molecule has 0 spiro atoms. The summed E-state index contributed by atoms with van der Waals surface area (Å²) in [6, 6.07) is 0. The fourth-order valence-electron chi connectivity index (χ4n) is 1.03. The van der Waals surface area contributed by atoms with Crippen molar-refractivity contribution in [3.8, 4) is 0 Å². The van der Waals surface area contributed by atoms with Gasteiger partial charge in [0.2, 0.25) is 0 Å². The van der Waals surface area contributed by atoms with Gasteiger partial charge < -0.3 is 9.47 Å². The molecule has 0 atom stereocenters. The number of ether oxygens (including phenoxy) is 2. The Balaban J connectivity index is 3.50. The zero-order valence-corrected chi connectivity index (χ0v) is 10.6. The molecule has 94 valence electrons. The molecule has 4 heteroatoms. The second-order valence-corrected chi connectivity index (χ2v) is 4.47. The highest BCUT2D eigenvalue weighted by Crippen LogP contribution is 2.03. The third-order valence-electron chi connectivity index (χ3n) is 1.71. The first-order chi connectivity index (χ1) is 7.41. The maximum Gasteiger partial charge on any atom is 0.306 e. The fraction of sp³-hybridized carbons (Fsp3) is 0.833. The van der Waals surface area contributed by atoms with Gasteiger partial charge in [-0.2, -0.15) is 0 Å². The lowest BCUT2D eigenvalue weighted by molar-refractivity contribution is -0.148. The third kappa shape index (κ3) is 9.49. The second kappa shape index (κ2) is 8.13. The van der Waals surface area contributed by atoms with Crippen molar-refractivity contribution in [1.29, 1.82) is 0 Å². The Bertz CT molecular complexity index is 221. The van der Waals surface area contributed by atoms with E-state index in [1.54, 1.807) is 13.8 Å². The van der Waals surface area contributed by atoms with E-state index in [0.29, 0.717) is 18.9 Å². The fourth-order valence-corrected chi connectivity index (χ4v) is 1.03. The molecular formula is C12H22O4. The molecule has 16 heavy (non-hydrogen) atoms. The molecule has 4 nitrogen and oxygen atoms in total. The molecule has 0 radical (unpaired) electrons. The monoisotopic (exact) mass is 230 g/mol. The van der Waals surface area contributed by atoms with Crippen molar-refractivity contribution in [2.45, 2.75) is 53.1 Å². The van der Waals surface area contributed by atoms with Crippen molar-refractivity contribution in [1.82, 2.24) is 0 Å². The van der Waals surface area contributed by atoms with E-state index in [9.17, 15) is 9.59 Å². The molecule has 0 unspecified atom stereocenters. The number of esters is 2. The average molecular weight is 230 g/mol. The number of hydrogen-bond donors (Lipinski definition) is 0. The van der Waals surface area contributed by atoms with Crippen LogP contribution in [0.15, 0.2) is 0 Å². The van der Waals surface area contributed by atoms with Gasteiger partial charge >= 0.3 is 11.9 Å². The lowest BCUT2D eigenvalue weighted by atomic mass is 10.2. The van der Waals surface area contributed by atoms with Gasteiger partial charge in [-0.05, 0) is 26.2 Å².